The summed E-state index contributed by atoms with van der Waals surface area (Å²) in [6.07, 6.45) is -4.73. The summed E-state index contributed by atoms with van der Waals surface area (Å²) in [5.41, 5.74) is -0.0793. The minimum absolute atomic E-state index is 0.0445. The number of halogens is 3. The van der Waals surface area contributed by atoms with Crippen molar-refractivity contribution in [3.8, 4) is 17.2 Å². The van der Waals surface area contributed by atoms with E-state index in [1.54, 1.807) is 30.3 Å². The normalized spacial score (nSPS) is 11.7. The summed E-state index contributed by atoms with van der Waals surface area (Å²) in [6.45, 7) is 3.70. The lowest BCUT2D eigenvalue weighted by Gasteiger charge is -2.27. The number of nitrogens with one attached hydrogen (secondary N) is 1. The van der Waals surface area contributed by atoms with Crippen LogP contribution in [0.4, 0.5) is 23.7 Å². The van der Waals surface area contributed by atoms with E-state index in [1.165, 1.54) is 31.3 Å². The van der Waals surface area contributed by atoms with E-state index in [-0.39, 0.29) is 24.1 Å². The summed E-state index contributed by atoms with van der Waals surface area (Å²) in [5.74, 6) is 0.444. The van der Waals surface area contributed by atoms with Crippen LogP contribution in [0.3, 0.4) is 0 Å². The molecule has 2 amide bonds. The largest absolute Gasteiger partial charge is 0.497 e. The molecule has 0 aliphatic heterocycles. The van der Waals surface area contributed by atoms with Gasteiger partial charge in [-0.3, -0.25) is 0 Å². The SMILES string of the molecule is COc1ccc(NC(=O)N(Cc2ccc(OC)c(OS(=O)(=O)c3cccc(C(F)(F)F)c3)c2)C(C)C)cc1. The molecular weight excluding hydrogens is 525 g/mol. The molecule has 38 heavy (non-hydrogen) atoms. The van der Waals surface area contributed by atoms with Gasteiger partial charge in [0.15, 0.2) is 11.5 Å². The Balaban J connectivity index is 1.85. The lowest BCUT2D eigenvalue weighted by Crippen LogP contribution is -2.39. The zero-order valence-electron chi connectivity index (χ0n) is 21.1. The van der Waals surface area contributed by atoms with E-state index in [1.807, 2.05) is 13.8 Å². The smallest absolute Gasteiger partial charge is 0.416 e. The average molecular weight is 553 g/mol. The molecule has 204 valence electrons. The maximum atomic E-state index is 13.1. The van der Waals surface area contributed by atoms with Crippen LogP contribution in [-0.2, 0) is 22.8 Å². The number of methoxy groups -OCH3 is 2. The van der Waals surface area contributed by atoms with Gasteiger partial charge in [-0.25, -0.2) is 4.79 Å². The molecule has 0 aromatic heterocycles. The van der Waals surface area contributed by atoms with Crippen LogP contribution in [0, 0.1) is 0 Å². The molecule has 3 aromatic carbocycles. The number of hydrogen-bond acceptors (Lipinski definition) is 6. The number of anilines is 1. The van der Waals surface area contributed by atoms with Crippen LogP contribution in [-0.4, -0.2) is 39.6 Å². The van der Waals surface area contributed by atoms with Crippen molar-refractivity contribution < 1.29 is 40.0 Å². The highest BCUT2D eigenvalue weighted by Gasteiger charge is 2.32. The van der Waals surface area contributed by atoms with Gasteiger partial charge >= 0.3 is 22.3 Å². The third-order valence-corrected chi connectivity index (χ3v) is 6.69. The molecular formula is C26H27F3N2O6S. The average Bonchev–Trinajstić information content (AvgIpc) is 2.87. The lowest BCUT2D eigenvalue weighted by molar-refractivity contribution is -0.137. The van der Waals surface area contributed by atoms with Crippen molar-refractivity contribution in [3.05, 3.63) is 77.9 Å². The molecule has 0 fully saturated rings. The fraction of sp³-hybridized carbons (Fsp3) is 0.269. The fourth-order valence-electron chi connectivity index (χ4n) is 3.43. The van der Waals surface area contributed by atoms with Crippen LogP contribution >= 0.6 is 0 Å². The van der Waals surface area contributed by atoms with E-state index in [0.29, 0.717) is 23.1 Å². The quantitative estimate of drug-likeness (QED) is 0.331. The first-order valence-corrected chi connectivity index (χ1v) is 12.7. The van der Waals surface area contributed by atoms with Crippen LogP contribution in [0.1, 0.15) is 25.0 Å². The lowest BCUT2D eigenvalue weighted by atomic mass is 10.1. The van der Waals surface area contributed by atoms with E-state index in [2.05, 4.69) is 5.32 Å². The summed E-state index contributed by atoms with van der Waals surface area (Å²) in [6, 6.07) is 13.8. The van der Waals surface area contributed by atoms with E-state index >= 15 is 0 Å². The maximum Gasteiger partial charge on any atom is 0.416 e. The second-order valence-corrected chi connectivity index (χ2v) is 9.97. The summed E-state index contributed by atoms with van der Waals surface area (Å²) < 4.78 is 80.4. The molecule has 0 atom stereocenters. The van der Waals surface area contributed by atoms with Crippen LogP contribution in [0.25, 0.3) is 0 Å². The van der Waals surface area contributed by atoms with E-state index in [9.17, 15) is 26.4 Å². The Morgan fingerprint density at radius 2 is 1.63 bits per heavy atom. The van der Waals surface area contributed by atoms with Gasteiger partial charge in [0.1, 0.15) is 10.6 Å². The van der Waals surface area contributed by atoms with E-state index < -0.39 is 32.8 Å². The molecule has 0 bridgehead atoms. The molecule has 0 aliphatic rings. The molecule has 3 rings (SSSR count). The zero-order chi connectivity index (χ0) is 28.1. The second kappa shape index (κ2) is 11.6. The molecule has 1 N–H and O–H groups in total. The minimum Gasteiger partial charge on any atom is -0.497 e. The number of rotatable bonds is 9. The van der Waals surface area contributed by atoms with Gasteiger partial charge in [0.05, 0.1) is 19.8 Å². The van der Waals surface area contributed by atoms with Crippen molar-refractivity contribution in [2.24, 2.45) is 0 Å². The zero-order valence-corrected chi connectivity index (χ0v) is 21.9. The highest BCUT2D eigenvalue weighted by atomic mass is 32.2. The summed E-state index contributed by atoms with van der Waals surface area (Å²) in [4.78, 5) is 13.8. The van der Waals surface area contributed by atoms with Crippen molar-refractivity contribution in [1.29, 1.82) is 0 Å². The molecule has 0 aliphatic carbocycles. The number of benzene rings is 3. The van der Waals surface area contributed by atoms with Crippen molar-refractivity contribution in [3.63, 3.8) is 0 Å². The van der Waals surface area contributed by atoms with Gasteiger partial charge < -0.3 is 23.9 Å². The van der Waals surface area contributed by atoms with Crippen molar-refractivity contribution in [2.45, 2.75) is 37.5 Å². The number of alkyl halides is 3. The van der Waals surface area contributed by atoms with Crippen LogP contribution in [0.15, 0.2) is 71.6 Å². The minimum atomic E-state index is -4.73. The predicted molar refractivity (Wildman–Crippen MR) is 135 cm³/mol. The van der Waals surface area contributed by atoms with Gasteiger partial charge in [0.2, 0.25) is 0 Å². The third-order valence-electron chi connectivity index (χ3n) is 5.46. The van der Waals surface area contributed by atoms with Crippen LogP contribution < -0.4 is 19.0 Å². The van der Waals surface area contributed by atoms with Gasteiger partial charge in [-0.15, -0.1) is 0 Å². The molecule has 0 unspecified atom stereocenters. The first-order valence-electron chi connectivity index (χ1n) is 11.3. The molecule has 12 heteroatoms. The Bertz CT molecular complexity index is 1380. The Morgan fingerprint density at radius 3 is 2.21 bits per heavy atom. The number of amides is 2. The van der Waals surface area contributed by atoms with Gasteiger partial charge in [-0.1, -0.05) is 12.1 Å². The van der Waals surface area contributed by atoms with E-state index in [4.69, 9.17) is 13.7 Å². The highest BCUT2D eigenvalue weighted by molar-refractivity contribution is 7.87. The van der Waals surface area contributed by atoms with Gasteiger partial charge in [0, 0.05) is 18.3 Å². The second-order valence-electron chi connectivity index (χ2n) is 8.43. The molecule has 0 spiro atoms. The number of carbonyl (C=O) groups excluding carboxylic acids is 1. The maximum absolute atomic E-state index is 13.1. The number of hydrogen-bond donors (Lipinski definition) is 1. The first-order chi connectivity index (χ1) is 17.8. The Kier molecular flexibility index (Phi) is 8.77. The fourth-order valence-corrected chi connectivity index (χ4v) is 4.41. The monoisotopic (exact) mass is 552 g/mol. The molecule has 0 heterocycles. The van der Waals surface area contributed by atoms with E-state index in [0.717, 1.165) is 18.2 Å². The molecule has 3 aromatic rings. The number of carbonyl (C=O) groups is 1. The Morgan fingerprint density at radius 1 is 0.947 bits per heavy atom. The Labute approximate surface area is 219 Å². The number of urea groups is 1. The van der Waals surface area contributed by atoms with Crippen molar-refractivity contribution >= 4 is 21.8 Å². The standard InChI is InChI=1S/C26H27F3N2O6S/c1-17(2)31(25(32)30-20-9-11-21(35-3)12-10-20)16-18-8-13-23(36-4)24(14-18)37-38(33,34)22-7-5-6-19(15-22)26(27,28)29/h5-15,17H,16H2,1-4H3,(H,30,32). The van der Waals surface area contributed by atoms with Crippen molar-refractivity contribution in [2.75, 3.05) is 19.5 Å². The number of ether oxygens (including phenoxy) is 2. The van der Waals surface area contributed by atoms with Crippen LogP contribution in [0.5, 0.6) is 17.2 Å². The van der Waals surface area contributed by atoms with Gasteiger partial charge in [0.25, 0.3) is 0 Å². The van der Waals surface area contributed by atoms with Gasteiger partial charge in [-0.2, -0.15) is 21.6 Å². The summed E-state index contributed by atoms with van der Waals surface area (Å²) in [5, 5.41) is 2.80. The van der Waals surface area contributed by atoms with Crippen LogP contribution in [0.2, 0.25) is 0 Å². The summed E-state index contributed by atoms with van der Waals surface area (Å²) >= 11 is 0. The third kappa shape index (κ3) is 7.09. The van der Waals surface area contributed by atoms with Gasteiger partial charge in [-0.05, 0) is 74.0 Å². The molecule has 0 radical (unpaired) electrons. The first kappa shape index (κ1) is 28.6. The van der Waals surface area contributed by atoms with Crippen molar-refractivity contribution in [1.82, 2.24) is 4.90 Å². The molecule has 8 nitrogen and oxygen atoms in total. The topological polar surface area (TPSA) is 94.2 Å². The Hall–Kier alpha value is -3.93. The number of nitrogens with zero attached hydrogens (tertiary/aromatic N) is 1. The molecule has 0 saturated heterocycles. The summed E-state index contributed by atoms with van der Waals surface area (Å²) in [7, 11) is -1.81. The molecule has 0 saturated carbocycles. The highest BCUT2D eigenvalue weighted by Crippen LogP contribution is 2.34. The predicted octanol–water partition coefficient (Wildman–Crippen LogP) is 5.93.